The summed E-state index contributed by atoms with van der Waals surface area (Å²) in [6.45, 7) is 6.76. The van der Waals surface area contributed by atoms with E-state index in [1.54, 1.807) is 37.5 Å². The Morgan fingerprint density at radius 2 is 1.77 bits per heavy atom. The Morgan fingerprint density at radius 3 is 2.37 bits per heavy atom. The van der Waals surface area contributed by atoms with Crippen LogP contribution in [0.15, 0.2) is 36.8 Å². The Bertz CT molecular complexity index is 1130. The van der Waals surface area contributed by atoms with Gasteiger partial charge in [0.15, 0.2) is 0 Å². The fraction of sp³-hybridized carbons (Fsp3) is 0.417. The van der Waals surface area contributed by atoms with Crippen molar-refractivity contribution in [3.8, 4) is 16.3 Å². The lowest BCUT2D eigenvalue weighted by molar-refractivity contribution is -0.145. The summed E-state index contributed by atoms with van der Waals surface area (Å²) in [5.41, 5.74) is 1.42. The summed E-state index contributed by atoms with van der Waals surface area (Å²) in [6.07, 6.45) is -0.00333. The molecule has 1 aromatic carbocycles. The number of thiazole rings is 1. The van der Waals surface area contributed by atoms with E-state index in [9.17, 15) is 18.0 Å². The number of methoxy groups -OCH3 is 1. The highest BCUT2D eigenvalue weighted by Gasteiger charge is 2.34. The van der Waals surface area contributed by atoms with Crippen molar-refractivity contribution in [2.45, 2.75) is 45.3 Å². The maximum atomic E-state index is 13.1. The van der Waals surface area contributed by atoms with Crippen molar-refractivity contribution in [3.63, 3.8) is 0 Å². The molecule has 0 aliphatic carbocycles. The summed E-state index contributed by atoms with van der Waals surface area (Å²) in [5, 5.41) is 3.54. The molecule has 0 radical (unpaired) electrons. The smallest absolute Gasteiger partial charge is 0.451 e. The molecule has 188 valence electrons. The summed E-state index contributed by atoms with van der Waals surface area (Å²) >= 11 is 1.54. The summed E-state index contributed by atoms with van der Waals surface area (Å²) < 4.78 is 49.1. The average Bonchev–Trinajstić information content (AvgIpc) is 3.32. The van der Waals surface area contributed by atoms with Gasteiger partial charge < -0.3 is 14.8 Å². The SMILES string of the molecule is COCCCOc1cc(C(=O)N[C@H](C)c2cnc(C(F)(F)F)nc2)cc(-c2ncc(C(C)C)s2)c1. The van der Waals surface area contributed by atoms with Crippen molar-refractivity contribution in [1.82, 2.24) is 20.3 Å². The molecule has 0 saturated carbocycles. The number of rotatable bonds is 10. The molecule has 1 amide bonds. The van der Waals surface area contributed by atoms with Crippen molar-refractivity contribution in [3.05, 3.63) is 58.6 Å². The Balaban J connectivity index is 1.83. The number of nitrogens with zero attached hydrogens (tertiary/aromatic N) is 3. The first-order valence-corrected chi connectivity index (χ1v) is 11.8. The van der Waals surface area contributed by atoms with Gasteiger partial charge in [-0.25, -0.2) is 15.0 Å². The number of carbonyl (C=O) groups is 1. The highest BCUT2D eigenvalue weighted by molar-refractivity contribution is 7.15. The van der Waals surface area contributed by atoms with Crippen LogP contribution in [-0.2, 0) is 10.9 Å². The zero-order chi connectivity index (χ0) is 25.6. The Kier molecular flexibility index (Phi) is 8.79. The third kappa shape index (κ3) is 7.22. The number of benzene rings is 1. The van der Waals surface area contributed by atoms with Gasteiger partial charge in [0.1, 0.15) is 10.8 Å². The quantitative estimate of drug-likeness (QED) is 0.356. The fourth-order valence-electron chi connectivity index (χ4n) is 3.09. The van der Waals surface area contributed by atoms with Gasteiger partial charge in [-0.1, -0.05) is 13.8 Å². The van der Waals surface area contributed by atoms with Crippen LogP contribution in [0.4, 0.5) is 13.2 Å². The molecule has 0 unspecified atom stereocenters. The lowest BCUT2D eigenvalue weighted by Crippen LogP contribution is -2.27. The second kappa shape index (κ2) is 11.6. The van der Waals surface area contributed by atoms with Crippen LogP contribution in [0, 0.1) is 0 Å². The largest absolute Gasteiger partial charge is 0.493 e. The van der Waals surface area contributed by atoms with Crippen LogP contribution in [0.2, 0.25) is 0 Å². The molecule has 7 nitrogen and oxygen atoms in total. The van der Waals surface area contributed by atoms with Gasteiger partial charge in [0.05, 0.1) is 12.6 Å². The average molecular weight is 509 g/mol. The molecule has 0 aliphatic heterocycles. The first kappa shape index (κ1) is 26.6. The van der Waals surface area contributed by atoms with Crippen molar-refractivity contribution in [2.75, 3.05) is 20.3 Å². The predicted octanol–water partition coefficient (Wildman–Crippen LogP) is 5.65. The van der Waals surface area contributed by atoms with Crippen LogP contribution < -0.4 is 10.1 Å². The van der Waals surface area contributed by atoms with Gasteiger partial charge in [0, 0.05) is 60.3 Å². The maximum absolute atomic E-state index is 13.1. The molecule has 2 aromatic heterocycles. The zero-order valence-corrected chi connectivity index (χ0v) is 20.7. The number of halogens is 3. The zero-order valence-electron chi connectivity index (χ0n) is 19.8. The number of aromatic nitrogens is 3. The molecule has 35 heavy (non-hydrogen) atoms. The topological polar surface area (TPSA) is 86.2 Å². The van der Waals surface area contributed by atoms with E-state index in [1.807, 2.05) is 12.3 Å². The Morgan fingerprint density at radius 1 is 1.06 bits per heavy atom. The number of hydrogen-bond acceptors (Lipinski definition) is 7. The van der Waals surface area contributed by atoms with E-state index < -0.39 is 23.9 Å². The summed E-state index contributed by atoms with van der Waals surface area (Å²) in [5.74, 6) is -0.812. The molecule has 0 spiro atoms. The number of carbonyl (C=O) groups excluding carboxylic acids is 1. The lowest BCUT2D eigenvalue weighted by Gasteiger charge is -2.16. The van der Waals surface area contributed by atoms with Crippen LogP contribution in [0.1, 0.15) is 65.8 Å². The number of hydrogen-bond donors (Lipinski definition) is 1. The van der Waals surface area contributed by atoms with E-state index >= 15 is 0 Å². The summed E-state index contributed by atoms with van der Waals surface area (Å²) in [4.78, 5) is 25.4. The lowest BCUT2D eigenvalue weighted by atomic mass is 10.1. The van der Waals surface area contributed by atoms with Gasteiger partial charge >= 0.3 is 6.18 Å². The van der Waals surface area contributed by atoms with E-state index in [0.717, 1.165) is 27.8 Å². The van der Waals surface area contributed by atoms with E-state index in [4.69, 9.17) is 9.47 Å². The van der Waals surface area contributed by atoms with Gasteiger partial charge in [0.25, 0.3) is 5.91 Å². The van der Waals surface area contributed by atoms with Gasteiger partial charge in [0.2, 0.25) is 5.82 Å². The normalized spacial score (nSPS) is 12.6. The van der Waals surface area contributed by atoms with Crippen LogP contribution in [0.25, 0.3) is 10.6 Å². The molecule has 1 atom stereocenters. The molecular formula is C24H27F3N4O3S. The second-order valence-electron chi connectivity index (χ2n) is 8.20. The van der Waals surface area contributed by atoms with Crippen LogP contribution >= 0.6 is 11.3 Å². The molecule has 2 heterocycles. The van der Waals surface area contributed by atoms with Crippen LogP contribution in [0.5, 0.6) is 5.75 Å². The van der Waals surface area contributed by atoms with Gasteiger partial charge in [-0.05, 0) is 31.0 Å². The molecule has 0 aliphatic rings. The first-order chi connectivity index (χ1) is 16.6. The van der Waals surface area contributed by atoms with Crippen molar-refractivity contribution in [2.24, 2.45) is 0 Å². The molecule has 0 saturated heterocycles. The van der Waals surface area contributed by atoms with E-state index in [2.05, 4.69) is 34.1 Å². The maximum Gasteiger partial charge on any atom is 0.451 e. The summed E-state index contributed by atoms with van der Waals surface area (Å²) in [7, 11) is 1.61. The van der Waals surface area contributed by atoms with E-state index in [-0.39, 0.29) is 0 Å². The highest BCUT2D eigenvalue weighted by atomic mass is 32.1. The minimum Gasteiger partial charge on any atom is -0.493 e. The van der Waals surface area contributed by atoms with Gasteiger partial charge in [-0.3, -0.25) is 4.79 Å². The summed E-state index contributed by atoms with van der Waals surface area (Å²) in [6, 6.07) is 4.56. The molecular weight excluding hydrogens is 481 g/mol. The third-order valence-electron chi connectivity index (χ3n) is 5.04. The molecule has 11 heteroatoms. The van der Waals surface area contributed by atoms with Crippen molar-refractivity contribution < 1.29 is 27.4 Å². The van der Waals surface area contributed by atoms with Crippen molar-refractivity contribution >= 4 is 17.2 Å². The molecule has 1 N–H and O–H groups in total. The molecule has 0 bridgehead atoms. The highest BCUT2D eigenvalue weighted by Crippen LogP contribution is 2.32. The number of nitrogens with one attached hydrogen (secondary N) is 1. The molecule has 3 aromatic rings. The van der Waals surface area contributed by atoms with Crippen LogP contribution in [0.3, 0.4) is 0 Å². The predicted molar refractivity (Wildman–Crippen MR) is 127 cm³/mol. The fourth-order valence-corrected chi connectivity index (χ4v) is 3.99. The molecule has 3 rings (SSSR count). The minimum atomic E-state index is -4.63. The number of alkyl halides is 3. The monoisotopic (exact) mass is 508 g/mol. The van der Waals surface area contributed by atoms with E-state index in [0.29, 0.717) is 42.4 Å². The van der Waals surface area contributed by atoms with Gasteiger partial charge in [-0.15, -0.1) is 11.3 Å². The van der Waals surface area contributed by atoms with Crippen molar-refractivity contribution in [1.29, 1.82) is 0 Å². The number of amides is 1. The van der Waals surface area contributed by atoms with Crippen LogP contribution in [-0.4, -0.2) is 41.2 Å². The molecule has 0 fully saturated rings. The van der Waals surface area contributed by atoms with E-state index in [1.165, 1.54) is 0 Å². The standard InChI is InChI=1S/C24H27F3N4O3S/c1-14(2)20-13-28-22(35-20)17-8-16(9-19(10-17)34-7-5-6-33-4)21(32)31-15(3)18-11-29-23(30-12-18)24(25,26)27/h8-15H,5-7H2,1-4H3,(H,31,32)/t15-/m1/s1. The Labute approximate surface area is 205 Å². The minimum absolute atomic E-state index is 0.323. The van der Waals surface area contributed by atoms with Gasteiger partial charge in [-0.2, -0.15) is 13.2 Å². The Hall–Kier alpha value is -3.05. The first-order valence-electron chi connectivity index (χ1n) is 11.0. The number of ether oxygens (including phenoxy) is 2. The third-order valence-corrected chi connectivity index (χ3v) is 6.39. The second-order valence-corrected chi connectivity index (χ2v) is 9.26.